The van der Waals surface area contributed by atoms with E-state index in [0.717, 1.165) is 16.9 Å². The van der Waals surface area contributed by atoms with Crippen molar-refractivity contribution in [2.45, 2.75) is 39.8 Å². The fraction of sp³-hybridized carbons (Fsp3) is 0.316. The molecule has 2 atom stereocenters. The van der Waals surface area contributed by atoms with Crippen LogP contribution in [0.5, 0.6) is 5.75 Å². The van der Waals surface area contributed by atoms with E-state index >= 15 is 0 Å². The summed E-state index contributed by atoms with van der Waals surface area (Å²) in [6, 6.07) is 15.8. The summed E-state index contributed by atoms with van der Waals surface area (Å²) in [5, 5.41) is 2.98. The molecule has 0 saturated heterocycles. The first-order chi connectivity index (χ1) is 10.5. The zero-order valence-electron chi connectivity index (χ0n) is 13.6. The second-order valence-electron chi connectivity index (χ2n) is 5.67. The molecule has 1 amide bonds. The zero-order valence-corrected chi connectivity index (χ0v) is 13.6. The van der Waals surface area contributed by atoms with E-state index < -0.39 is 6.10 Å². The lowest BCUT2D eigenvalue weighted by atomic mass is 10.1. The maximum atomic E-state index is 12.3. The predicted molar refractivity (Wildman–Crippen MR) is 89.0 cm³/mol. The van der Waals surface area contributed by atoms with Crippen molar-refractivity contribution in [1.29, 1.82) is 0 Å². The van der Waals surface area contributed by atoms with Crippen LogP contribution >= 0.6 is 0 Å². The summed E-state index contributed by atoms with van der Waals surface area (Å²) in [6.07, 6.45) is -0.535. The molecule has 3 nitrogen and oxygen atoms in total. The average molecular weight is 297 g/mol. The van der Waals surface area contributed by atoms with Gasteiger partial charge in [-0.05, 0) is 44.9 Å². The van der Waals surface area contributed by atoms with Gasteiger partial charge >= 0.3 is 0 Å². The maximum absolute atomic E-state index is 12.3. The summed E-state index contributed by atoms with van der Waals surface area (Å²) in [6.45, 7) is 7.76. The largest absolute Gasteiger partial charge is 0.481 e. The fourth-order valence-corrected chi connectivity index (χ4v) is 2.33. The number of aryl methyl sites for hydroxylation is 2. The molecule has 0 bridgehead atoms. The zero-order chi connectivity index (χ0) is 16.1. The minimum atomic E-state index is -0.535. The highest BCUT2D eigenvalue weighted by molar-refractivity contribution is 5.81. The van der Waals surface area contributed by atoms with Gasteiger partial charge in [0.15, 0.2) is 6.10 Å². The van der Waals surface area contributed by atoms with Crippen molar-refractivity contribution in [2.24, 2.45) is 0 Å². The number of ether oxygens (including phenoxy) is 1. The van der Waals surface area contributed by atoms with Crippen LogP contribution in [0.1, 0.15) is 36.6 Å². The molecule has 0 fully saturated rings. The topological polar surface area (TPSA) is 38.3 Å². The van der Waals surface area contributed by atoms with Gasteiger partial charge in [0.1, 0.15) is 5.75 Å². The van der Waals surface area contributed by atoms with Gasteiger partial charge in [-0.15, -0.1) is 0 Å². The van der Waals surface area contributed by atoms with Gasteiger partial charge in [-0.2, -0.15) is 0 Å². The quantitative estimate of drug-likeness (QED) is 0.907. The summed E-state index contributed by atoms with van der Waals surface area (Å²) in [5.74, 6) is 0.636. The Morgan fingerprint density at radius 2 is 1.73 bits per heavy atom. The van der Waals surface area contributed by atoms with E-state index in [9.17, 15) is 4.79 Å². The Hall–Kier alpha value is -2.29. The molecule has 0 radical (unpaired) electrons. The van der Waals surface area contributed by atoms with Gasteiger partial charge in [-0.3, -0.25) is 4.79 Å². The van der Waals surface area contributed by atoms with Crippen molar-refractivity contribution in [2.75, 3.05) is 0 Å². The molecule has 0 aliphatic carbocycles. The van der Waals surface area contributed by atoms with Crippen molar-refractivity contribution < 1.29 is 9.53 Å². The molecule has 1 N–H and O–H groups in total. The fourth-order valence-electron chi connectivity index (χ4n) is 2.33. The third kappa shape index (κ3) is 4.10. The van der Waals surface area contributed by atoms with Crippen molar-refractivity contribution >= 4 is 5.91 Å². The molecule has 22 heavy (non-hydrogen) atoms. The van der Waals surface area contributed by atoms with Gasteiger partial charge in [0.2, 0.25) is 0 Å². The lowest BCUT2D eigenvalue weighted by Crippen LogP contribution is -2.37. The number of carbonyl (C=O) groups excluding carboxylic acids is 1. The highest BCUT2D eigenvalue weighted by Gasteiger charge is 2.18. The van der Waals surface area contributed by atoms with E-state index in [1.165, 1.54) is 5.56 Å². The molecule has 3 heteroatoms. The smallest absolute Gasteiger partial charge is 0.261 e. The first-order valence-electron chi connectivity index (χ1n) is 7.56. The Balaban J connectivity index is 1.97. The van der Waals surface area contributed by atoms with Gasteiger partial charge < -0.3 is 10.1 Å². The molecule has 0 aliphatic rings. The second-order valence-corrected chi connectivity index (χ2v) is 5.67. The Bertz CT molecular complexity index is 637. The standard InChI is InChI=1S/C19H23NO2/c1-13-10-11-18(14(2)12-13)22-16(4)19(21)20-15(3)17-8-6-5-7-9-17/h5-12,15-16H,1-4H3,(H,20,21). The normalized spacial score (nSPS) is 13.3. The van der Waals surface area contributed by atoms with Gasteiger partial charge in [0.25, 0.3) is 5.91 Å². The number of nitrogens with one attached hydrogen (secondary N) is 1. The Labute approximate surface area is 132 Å². The highest BCUT2D eigenvalue weighted by Crippen LogP contribution is 2.20. The minimum Gasteiger partial charge on any atom is -0.481 e. The Morgan fingerprint density at radius 1 is 1.05 bits per heavy atom. The number of benzene rings is 2. The van der Waals surface area contributed by atoms with Crippen molar-refractivity contribution in [1.82, 2.24) is 5.32 Å². The van der Waals surface area contributed by atoms with Crippen LogP contribution in [-0.4, -0.2) is 12.0 Å². The van der Waals surface area contributed by atoms with Crippen molar-refractivity contribution in [3.05, 3.63) is 65.2 Å². The molecule has 2 aromatic rings. The summed E-state index contributed by atoms with van der Waals surface area (Å²) in [5.41, 5.74) is 3.30. The van der Waals surface area contributed by atoms with Gasteiger partial charge in [-0.25, -0.2) is 0 Å². The van der Waals surface area contributed by atoms with Crippen LogP contribution in [0.4, 0.5) is 0 Å². The Morgan fingerprint density at radius 3 is 2.36 bits per heavy atom. The predicted octanol–water partition coefficient (Wildman–Crippen LogP) is 3.95. The van der Waals surface area contributed by atoms with Crippen LogP contribution in [-0.2, 0) is 4.79 Å². The molecular weight excluding hydrogens is 274 g/mol. The summed E-state index contributed by atoms with van der Waals surface area (Å²) < 4.78 is 5.79. The summed E-state index contributed by atoms with van der Waals surface area (Å²) >= 11 is 0. The van der Waals surface area contributed by atoms with E-state index in [1.54, 1.807) is 6.92 Å². The number of rotatable bonds is 5. The Kier molecular flexibility index (Phi) is 5.21. The monoisotopic (exact) mass is 297 g/mol. The number of hydrogen-bond donors (Lipinski definition) is 1. The lowest BCUT2D eigenvalue weighted by molar-refractivity contribution is -0.127. The SMILES string of the molecule is Cc1ccc(OC(C)C(=O)NC(C)c2ccccc2)c(C)c1. The number of amides is 1. The third-order valence-electron chi connectivity index (χ3n) is 3.66. The van der Waals surface area contributed by atoms with Crippen LogP contribution < -0.4 is 10.1 Å². The molecular formula is C19H23NO2. The van der Waals surface area contributed by atoms with E-state index in [0.29, 0.717) is 0 Å². The molecule has 2 unspecified atom stereocenters. The van der Waals surface area contributed by atoms with E-state index in [2.05, 4.69) is 5.32 Å². The van der Waals surface area contributed by atoms with Gasteiger partial charge in [0.05, 0.1) is 6.04 Å². The van der Waals surface area contributed by atoms with Crippen LogP contribution in [0.25, 0.3) is 0 Å². The minimum absolute atomic E-state index is 0.0427. The lowest BCUT2D eigenvalue weighted by Gasteiger charge is -2.20. The number of carbonyl (C=O) groups is 1. The van der Waals surface area contributed by atoms with E-state index in [1.807, 2.05) is 69.3 Å². The van der Waals surface area contributed by atoms with Crippen molar-refractivity contribution in [3.63, 3.8) is 0 Å². The molecule has 0 heterocycles. The molecule has 0 aliphatic heterocycles. The molecule has 0 saturated carbocycles. The van der Waals surface area contributed by atoms with E-state index in [4.69, 9.17) is 4.74 Å². The molecule has 2 rings (SSSR count). The van der Waals surface area contributed by atoms with Crippen LogP contribution in [0.2, 0.25) is 0 Å². The first kappa shape index (κ1) is 16.1. The molecule has 2 aromatic carbocycles. The van der Waals surface area contributed by atoms with Gasteiger partial charge in [0, 0.05) is 0 Å². The van der Waals surface area contributed by atoms with E-state index in [-0.39, 0.29) is 11.9 Å². The summed E-state index contributed by atoms with van der Waals surface area (Å²) in [7, 11) is 0. The molecule has 116 valence electrons. The average Bonchev–Trinajstić information content (AvgIpc) is 2.50. The second kappa shape index (κ2) is 7.12. The van der Waals surface area contributed by atoms with Gasteiger partial charge in [-0.1, -0.05) is 48.0 Å². The summed E-state index contributed by atoms with van der Waals surface area (Å²) in [4.78, 5) is 12.3. The van der Waals surface area contributed by atoms with Crippen LogP contribution in [0, 0.1) is 13.8 Å². The molecule has 0 aromatic heterocycles. The first-order valence-corrected chi connectivity index (χ1v) is 7.56. The third-order valence-corrected chi connectivity index (χ3v) is 3.66. The maximum Gasteiger partial charge on any atom is 0.261 e. The van der Waals surface area contributed by atoms with Crippen LogP contribution in [0.3, 0.4) is 0 Å². The number of hydrogen-bond acceptors (Lipinski definition) is 2. The van der Waals surface area contributed by atoms with Crippen LogP contribution in [0.15, 0.2) is 48.5 Å². The highest BCUT2D eigenvalue weighted by atomic mass is 16.5. The molecule has 0 spiro atoms. The van der Waals surface area contributed by atoms with Crippen molar-refractivity contribution in [3.8, 4) is 5.75 Å².